The van der Waals surface area contributed by atoms with Crippen molar-refractivity contribution < 1.29 is 19.1 Å². The standard InChI is InChI=1S/C15H19NO4S/c1-4-19-14(17)12(15(18)20-5-2)13(16)10-8-6-7-9-11(10)21-3/h6-9,12,16H,4-5H2,1-3H3. The van der Waals surface area contributed by atoms with Crippen LogP contribution >= 0.6 is 11.8 Å². The van der Waals surface area contributed by atoms with E-state index in [4.69, 9.17) is 14.9 Å². The first-order valence-corrected chi connectivity index (χ1v) is 7.84. The fourth-order valence-electron chi connectivity index (χ4n) is 1.81. The van der Waals surface area contributed by atoms with Crippen molar-refractivity contribution in [2.45, 2.75) is 18.7 Å². The Kier molecular flexibility index (Phi) is 6.94. The van der Waals surface area contributed by atoms with E-state index in [1.807, 2.05) is 18.4 Å². The van der Waals surface area contributed by atoms with Gasteiger partial charge in [0.05, 0.1) is 18.9 Å². The molecule has 5 nitrogen and oxygen atoms in total. The summed E-state index contributed by atoms with van der Waals surface area (Å²) in [6.45, 7) is 3.59. The van der Waals surface area contributed by atoms with Crippen LogP contribution in [-0.4, -0.2) is 37.1 Å². The monoisotopic (exact) mass is 309 g/mol. The first-order valence-electron chi connectivity index (χ1n) is 6.61. The Morgan fingerprint density at radius 2 is 1.67 bits per heavy atom. The zero-order valence-corrected chi connectivity index (χ0v) is 13.2. The molecule has 1 N–H and O–H groups in total. The van der Waals surface area contributed by atoms with Crippen LogP contribution in [0.3, 0.4) is 0 Å². The average molecular weight is 309 g/mol. The highest BCUT2D eigenvalue weighted by atomic mass is 32.2. The number of benzene rings is 1. The van der Waals surface area contributed by atoms with Gasteiger partial charge in [-0.25, -0.2) is 0 Å². The van der Waals surface area contributed by atoms with Crippen LogP contribution in [0.15, 0.2) is 29.2 Å². The van der Waals surface area contributed by atoms with Crippen molar-refractivity contribution in [1.29, 1.82) is 5.41 Å². The number of esters is 2. The van der Waals surface area contributed by atoms with E-state index in [9.17, 15) is 9.59 Å². The Bertz CT molecular complexity index is 512. The minimum Gasteiger partial charge on any atom is -0.465 e. The summed E-state index contributed by atoms with van der Waals surface area (Å²) in [5.41, 5.74) is 0.438. The molecule has 6 heteroatoms. The molecule has 0 bridgehead atoms. The number of ether oxygens (including phenoxy) is 2. The molecule has 0 atom stereocenters. The lowest BCUT2D eigenvalue weighted by Gasteiger charge is -2.17. The molecule has 0 aromatic heterocycles. The highest BCUT2D eigenvalue weighted by molar-refractivity contribution is 7.98. The summed E-state index contributed by atoms with van der Waals surface area (Å²) in [6.07, 6.45) is 1.87. The molecule has 1 rings (SSSR count). The fourth-order valence-corrected chi connectivity index (χ4v) is 2.42. The maximum atomic E-state index is 12.0. The van der Waals surface area contributed by atoms with E-state index in [0.29, 0.717) is 5.56 Å². The Morgan fingerprint density at radius 1 is 1.14 bits per heavy atom. The van der Waals surface area contributed by atoms with E-state index in [1.165, 1.54) is 11.8 Å². The van der Waals surface area contributed by atoms with Gasteiger partial charge in [-0.3, -0.25) is 9.59 Å². The third kappa shape index (κ3) is 4.32. The Balaban J connectivity index is 3.15. The molecular weight excluding hydrogens is 290 g/mol. The predicted octanol–water partition coefficient (Wildman–Crippen LogP) is 2.52. The minimum atomic E-state index is -1.35. The van der Waals surface area contributed by atoms with Crippen molar-refractivity contribution in [1.82, 2.24) is 0 Å². The van der Waals surface area contributed by atoms with Crippen molar-refractivity contribution in [3.05, 3.63) is 29.8 Å². The minimum absolute atomic E-state index is 0.100. The fraction of sp³-hybridized carbons (Fsp3) is 0.400. The molecule has 0 saturated heterocycles. The zero-order chi connectivity index (χ0) is 15.8. The molecule has 0 unspecified atom stereocenters. The van der Waals surface area contributed by atoms with Crippen molar-refractivity contribution in [3.63, 3.8) is 0 Å². The number of nitrogens with one attached hydrogen (secondary N) is 1. The molecule has 0 aliphatic rings. The molecule has 0 radical (unpaired) electrons. The van der Waals surface area contributed by atoms with Crippen LogP contribution in [-0.2, 0) is 19.1 Å². The molecule has 0 fully saturated rings. The molecule has 0 spiro atoms. The van der Waals surface area contributed by atoms with E-state index >= 15 is 0 Å². The predicted molar refractivity (Wildman–Crippen MR) is 81.8 cm³/mol. The van der Waals surface area contributed by atoms with Crippen molar-refractivity contribution >= 4 is 29.4 Å². The Morgan fingerprint density at radius 3 is 2.14 bits per heavy atom. The third-order valence-corrected chi connectivity index (χ3v) is 3.53. The summed E-state index contributed by atoms with van der Waals surface area (Å²) in [5, 5.41) is 8.23. The molecule has 1 aromatic carbocycles. The van der Waals surface area contributed by atoms with E-state index < -0.39 is 17.9 Å². The van der Waals surface area contributed by atoms with Gasteiger partial charge in [0.2, 0.25) is 0 Å². The zero-order valence-electron chi connectivity index (χ0n) is 12.3. The molecule has 0 saturated carbocycles. The van der Waals surface area contributed by atoms with Gasteiger partial charge >= 0.3 is 11.9 Å². The second-order valence-corrected chi connectivity index (χ2v) is 4.90. The van der Waals surface area contributed by atoms with Gasteiger partial charge < -0.3 is 14.9 Å². The van der Waals surface area contributed by atoms with E-state index in [-0.39, 0.29) is 18.9 Å². The molecule has 0 heterocycles. The van der Waals surface area contributed by atoms with E-state index in [1.54, 1.807) is 26.0 Å². The SMILES string of the molecule is CCOC(=O)C(C(=N)c1ccccc1SC)C(=O)OCC. The quantitative estimate of drug-likeness (QED) is 0.362. The summed E-state index contributed by atoms with van der Waals surface area (Å²) in [5.74, 6) is -2.85. The van der Waals surface area contributed by atoms with Crippen molar-refractivity contribution in [3.8, 4) is 0 Å². The van der Waals surface area contributed by atoms with E-state index in [0.717, 1.165) is 4.90 Å². The molecule has 0 aliphatic carbocycles. The summed E-state index contributed by atoms with van der Waals surface area (Å²) in [7, 11) is 0. The molecule has 1 aromatic rings. The van der Waals surface area contributed by atoms with Gasteiger partial charge in [-0.2, -0.15) is 0 Å². The van der Waals surface area contributed by atoms with Crippen molar-refractivity contribution in [2.24, 2.45) is 5.92 Å². The van der Waals surface area contributed by atoms with Gasteiger partial charge in [0.1, 0.15) is 0 Å². The van der Waals surface area contributed by atoms with E-state index in [2.05, 4.69) is 0 Å². The first kappa shape index (κ1) is 17.2. The topological polar surface area (TPSA) is 76.5 Å². The number of hydrogen-bond donors (Lipinski definition) is 1. The lowest BCUT2D eigenvalue weighted by Crippen LogP contribution is -2.35. The second kappa shape index (κ2) is 8.46. The smallest absolute Gasteiger partial charge is 0.326 e. The van der Waals surface area contributed by atoms with Crippen LogP contribution < -0.4 is 0 Å². The van der Waals surface area contributed by atoms with Crippen LogP contribution in [0.2, 0.25) is 0 Å². The molecule has 114 valence electrons. The Labute approximate surface area is 128 Å². The summed E-state index contributed by atoms with van der Waals surface area (Å²) < 4.78 is 9.80. The molecule has 21 heavy (non-hydrogen) atoms. The Hall–Kier alpha value is -1.82. The van der Waals surface area contributed by atoms with Crippen molar-refractivity contribution in [2.75, 3.05) is 19.5 Å². The number of hydrogen-bond acceptors (Lipinski definition) is 6. The highest BCUT2D eigenvalue weighted by Gasteiger charge is 2.35. The van der Waals surface area contributed by atoms with Gasteiger partial charge in [0, 0.05) is 10.5 Å². The lowest BCUT2D eigenvalue weighted by atomic mass is 9.96. The first-order chi connectivity index (χ1) is 10.1. The summed E-state index contributed by atoms with van der Waals surface area (Å²) in [6, 6.07) is 7.14. The number of carbonyl (C=O) groups excluding carboxylic acids is 2. The van der Waals surface area contributed by atoms with Gasteiger partial charge in [-0.1, -0.05) is 18.2 Å². The van der Waals surface area contributed by atoms with Gasteiger partial charge in [0.25, 0.3) is 0 Å². The second-order valence-electron chi connectivity index (χ2n) is 4.05. The van der Waals surface area contributed by atoms with Crippen LogP contribution in [0.5, 0.6) is 0 Å². The van der Waals surface area contributed by atoms with Crippen LogP contribution in [0, 0.1) is 11.3 Å². The molecule has 0 amide bonds. The largest absolute Gasteiger partial charge is 0.465 e. The number of thioether (sulfide) groups is 1. The normalized spacial score (nSPS) is 10.3. The maximum absolute atomic E-state index is 12.0. The van der Waals surface area contributed by atoms with Gasteiger partial charge in [0.15, 0.2) is 5.92 Å². The van der Waals surface area contributed by atoms with Gasteiger partial charge in [-0.05, 0) is 26.2 Å². The van der Waals surface area contributed by atoms with Gasteiger partial charge in [-0.15, -0.1) is 11.8 Å². The molecular formula is C15H19NO4S. The number of rotatable bonds is 7. The van der Waals surface area contributed by atoms with Crippen LogP contribution in [0.25, 0.3) is 0 Å². The van der Waals surface area contributed by atoms with Crippen LogP contribution in [0.4, 0.5) is 0 Å². The lowest BCUT2D eigenvalue weighted by molar-refractivity contribution is -0.157. The average Bonchev–Trinajstić information content (AvgIpc) is 2.47. The summed E-state index contributed by atoms with van der Waals surface area (Å²) >= 11 is 1.45. The van der Waals surface area contributed by atoms with Crippen LogP contribution in [0.1, 0.15) is 19.4 Å². The maximum Gasteiger partial charge on any atom is 0.326 e. The summed E-state index contributed by atoms with van der Waals surface area (Å²) in [4.78, 5) is 24.8. The number of carbonyl (C=O) groups is 2. The third-order valence-electron chi connectivity index (χ3n) is 2.73. The highest BCUT2D eigenvalue weighted by Crippen LogP contribution is 2.23. The molecule has 0 aliphatic heterocycles.